The second-order valence-corrected chi connectivity index (χ2v) is 6.31. The minimum absolute atomic E-state index is 0.766. The SMILES string of the molecule is Cc1ccc(C)c(N2CCN(CC3CCOC3)CC2)c1. The number of aryl methyl sites for hydroxylation is 2. The van der Waals surface area contributed by atoms with Gasteiger partial charge in [-0.3, -0.25) is 4.90 Å². The molecule has 20 heavy (non-hydrogen) atoms. The zero-order valence-electron chi connectivity index (χ0n) is 12.8. The van der Waals surface area contributed by atoms with Crippen molar-refractivity contribution in [1.82, 2.24) is 4.90 Å². The Balaban J connectivity index is 1.56. The number of nitrogens with zero attached hydrogens (tertiary/aromatic N) is 2. The van der Waals surface area contributed by atoms with Gasteiger partial charge >= 0.3 is 0 Å². The molecular weight excluding hydrogens is 248 g/mol. The maximum Gasteiger partial charge on any atom is 0.0507 e. The molecule has 3 rings (SSSR count). The Kier molecular flexibility index (Phi) is 4.27. The summed E-state index contributed by atoms with van der Waals surface area (Å²) in [4.78, 5) is 5.16. The molecule has 0 aromatic heterocycles. The number of anilines is 1. The fourth-order valence-corrected chi connectivity index (χ4v) is 3.32. The molecule has 0 saturated carbocycles. The number of piperazine rings is 1. The molecule has 3 nitrogen and oxygen atoms in total. The van der Waals surface area contributed by atoms with Crippen LogP contribution in [0.1, 0.15) is 17.5 Å². The number of rotatable bonds is 3. The number of benzene rings is 1. The van der Waals surface area contributed by atoms with E-state index in [4.69, 9.17) is 4.74 Å². The Labute approximate surface area is 122 Å². The molecule has 3 heteroatoms. The fraction of sp³-hybridized carbons (Fsp3) is 0.647. The lowest BCUT2D eigenvalue weighted by molar-refractivity contribution is 0.164. The molecule has 2 fully saturated rings. The molecule has 2 heterocycles. The summed E-state index contributed by atoms with van der Waals surface area (Å²) in [7, 11) is 0. The lowest BCUT2D eigenvalue weighted by atomic mass is 10.1. The van der Waals surface area contributed by atoms with Gasteiger partial charge in [0.15, 0.2) is 0 Å². The van der Waals surface area contributed by atoms with Crippen LogP contribution in [-0.2, 0) is 4.74 Å². The lowest BCUT2D eigenvalue weighted by Gasteiger charge is -2.37. The molecule has 1 atom stereocenters. The van der Waals surface area contributed by atoms with E-state index >= 15 is 0 Å². The van der Waals surface area contributed by atoms with Crippen molar-refractivity contribution in [2.24, 2.45) is 5.92 Å². The van der Waals surface area contributed by atoms with Gasteiger partial charge in [0.05, 0.1) is 6.61 Å². The summed E-state index contributed by atoms with van der Waals surface area (Å²) in [5.74, 6) is 0.766. The highest BCUT2D eigenvalue weighted by Gasteiger charge is 2.23. The second kappa shape index (κ2) is 6.15. The first-order valence-electron chi connectivity index (χ1n) is 7.84. The summed E-state index contributed by atoms with van der Waals surface area (Å²) >= 11 is 0. The van der Waals surface area contributed by atoms with E-state index in [0.29, 0.717) is 0 Å². The van der Waals surface area contributed by atoms with Crippen molar-refractivity contribution in [3.05, 3.63) is 29.3 Å². The van der Waals surface area contributed by atoms with E-state index in [9.17, 15) is 0 Å². The van der Waals surface area contributed by atoms with E-state index in [-0.39, 0.29) is 0 Å². The zero-order chi connectivity index (χ0) is 13.9. The average molecular weight is 274 g/mol. The summed E-state index contributed by atoms with van der Waals surface area (Å²) in [6, 6.07) is 6.78. The van der Waals surface area contributed by atoms with Crippen LogP contribution in [0.2, 0.25) is 0 Å². The van der Waals surface area contributed by atoms with Crippen LogP contribution >= 0.6 is 0 Å². The van der Waals surface area contributed by atoms with Crippen LogP contribution in [0.15, 0.2) is 18.2 Å². The van der Waals surface area contributed by atoms with Crippen LogP contribution in [0.5, 0.6) is 0 Å². The summed E-state index contributed by atoms with van der Waals surface area (Å²) in [6.45, 7) is 12.2. The molecule has 0 spiro atoms. The second-order valence-electron chi connectivity index (χ2n) is 6.31. The number of hydrogen-bond acceptors (Lipinski definition) is 3. The van der Waals surface area contributed by atoms with E-state index in [2.05, 4.69) is 41.8 Å². The van der Waals surface area contributed by atoms with Crippen LogP contribution in [-0.4, -0.2) is 50.8 Å². The highest BCUT2D eigenvalue weighted by molar-refractivity contribution is 5.55. The third kappa shape index (κ3) is 3.15. The number of ether oxygens (including phenoxy) is 1. The monoisotopic (exact) mass is 274 g/mol. The van der Waals surface area contributed by atoms with Crippen LogP contribution in [0.25, 0.3) is 0 Å². The van der Waals surface area contributed by atoms with Crippen LogP contribution in [0.3, 0.4) is 0 Å². The Morgan fingerprint density at radius 3 is 2.65 bits per heavy atom. The maximum atomic E-state index is 5.48. The molecule has 2 aliphatic heterocycles. The van der Waals surface area contributed by atoms with E-state index in [0.717, 1.165) is 32.2 Å². The largest absolute Gasteiger partial charge is 0.381 e. The van der Waals surface area contributed by atoms with E-state index in [1.165, 1.54) is 42.9 Å². The van der Waals surface area contributed by atoms with Crippen molar-refractivity contribution < 1.29 is 4.74 Å². The topological polar surface area (TPSA) is 15.7 Å². The standard InChI is InChI=1S/C17H26N2O/c1-14-3-4-15(2)17(11-14)19-8-6-18(7-9-19)12-16-5-10-20-13-16/h3-4,11,16H,5-10,12-13H2,1-2H3. The fourth-order valence-electron chi connectivity index (χ4n) is 3.32. The molecule has 0 amide bonds. The van der Waals surface area contributed by atoms with Gasteiger partial charge in [0.1, 0.15) is 0 Å². The third-order valence-corrected chi connectivity index (χ3v) is 4.62. The van der Waals surface area contributed by atoms with Gasteiger partial charge < -0.3 is 9.64 Å². The Morgan fingerprint density at radius 2 is 1.95 bits per heavy atom. The lowest BCUT2D eigenvalue weighted by Crippen LogP contribution is -2.48. The van der Waals surface area contributed by atoms with E-state index < -0.39 is 0 Å². The first kappa shape index (κ1) is 13.9. The highest BCUT2D eigenvalue weighted by atomic mass is 16.5. The Morgan fingerprint density at radius 1 is 1.15 bits per heavy atom. The van der Waals surface area contributed by atoms with Crippen molar-refractivity contribution >= 4 is 5.69 Å². The van der Waals surface area contributed by atoms with Crippen molar-refractivity contribution in [3.63, 3.8) is 0 Å². The first-order valence-corrected chi connectivity index (χ1v) is 7.84. The van der Waals surface area contributed by atoms with Crippen LogP contribution < -0.4 is 4.90 Å². The van der Waals surface area contributed by atoms with Gasteiger partial charge in [-0.05, 0) is 43.4 Å². The summed E-state index contributed by atoms with van der Waals surface area (Å²) in [5, 5.41) is 0. The van der Waals surface area contributed by atoms with Gasteiger partial charge in [0, 0.05) is 45.0 Å². The van der Waals surface area contributed by atoms with E-state index in [1.807, 2.05) is 0 Å². The van der Waals surface area contributed by atoms with Crippen LogP contribution in [0.4, 0.5) is 5.69 Å². The van der Waals surface area contributed by atoms with Crippen molar-refractivity contribution in [2.45, 2.75) is 20.3 Å². The smallest absolute Gasteiger partial charge is 0.0507 e. The minimum Gasteiger partial charge on any atom is -0.381 e. The summed E-state index contributed by atoms with van der Waals surface area (Å²) in [6.07, 6.45) is 1.25. The van der Waals surface area contributed by atoms with Gasteiger partial charge in [0.25, 0.3) is 0 Å². The molecule has 1 unspecified atom stereocenters. The molecule has 2 aliphatic rings. The van der Waals surface area contributed by atoms with Crippen molar-refractivity contribution in [2.75, 3.05) is 50.8 Å². The molecule has 0 radical (unpaired) electrons. The number of hydrogen-bond donors (Lipinski definition) is 0. The highest BCUT2D eigenvalue weighted by Crippen LogP contribution is 2.23. The molecule has 110 valence electrons. The Bertz CT molecular complexity index is 446. The first-order chi connectivity index (χ1) is 9.72. The maximum absolute atomic E-state index is 5.48. The predicted molar refractivity (Wildman–Crippen MR) is 83.5 cm³/mol. The summed E-state index contributed by atoms with van der Waals surface area (Å²) in [5.41, 5.74) is 4.18. The van der Waals surface area contributed by atoms with Gasteiger partial charge in [-0.25, -0.2) is 0 Å². The molecule has 1 aromatic rings. The Hall–Kier alpha value is -1.06. The van der Waals surface area contributed by atoms with Gasteiger partial charge in [-0.1, -0.05) is 12.1 Å². The van der Waals surface area contributed by atoms with Crippen molar-refractivity contribution in [1.29, 1.82) is 0 Å². The molecule has 2 saturated heterocycles. The van der Waals surface area contributed by atoms with Crippen LogP contribution in [0, 0.1) is 19.8 Å². The van der Waals surface area contributed by atoms with Gasteiger partial charge in [-0.15, -0.1) is 0 Å². The third-order valence-electron chi connectivity index (χ3n) is 4.62. The molecule has 0 N–H and O–H groups in total. The quantitative estimate of drug-likeness (QED) is 0.842. The van der Waals surface area contributed by atoms with E-state index in [1.54, 1.807) is 0 Å². The molecule has 1 aromatic carbocycles. The molecule has 0 aliphatic carbocycles. The average Bonchev–Trinajstić information content (AvgIpc) is 2.95. The normalized spacial score (nSPS) is 24.3. The zero-order valence-corrected chi connectivity index (χ0v) is 12.8. The van der Waals surface area contributed by atoms with Crippen molar-refractivity contribution in [3.8, 4) is 0 Å². The molecular formula is C17H26N2O. The van der Waals surface area contributed by atoms with Gasteiger partial charge in [-0.2, -0.15) is 0 Å². The summed E-state index contributed by atoms with van der Waals surface area (Å²) < 4.78 is 5.48. The van der Waals surface area contributed by atoms with Gasteiger partial charge in [0.2, 0.25) is 0 Å². The molecule has 0 bridgehead atoms. The predicted octanol–water partition coefficient (Wildman–Crippen LogP) is 2.46. The minimum atomic E-state index is 0.766.